The SMILES string of the molecule is O=C(CCC(=O)N1CCOCC1)c1ccc2c(c1)CCNCC2. The average Bonchev–Trinajstić information content (AvgIpc) is 2.84. The molecule has 0 spiro atoms. The second kappa shape index (κ2) is 7.70. The highest BCUT2D eigenvalue weighted by atomic mass is 16.5. The van der Waals surface area contributed by atoms with Crippen molar-refractivity contribution in [3.05, 3.63) is 34.9 Å². The Hall–Kier alpha value is -1.72. The first-order valence-corrected chi connectivity index (χ1v) is 8.45. The molecular weight excluding hydrogens is 292 g/mol. The van der Waals surface area contributed by atoms with Crippen molar-refractivity contribution in [2.75, 3.05) is 39.4 Å². The van der Waals surface area contributed by atoms with E-state index in [2.05, 4.69) is 11.4 Å². The summed E-state index contributed by atoms with van der Waals surface area (Å²) in [4.78, 5) is 26.3. The predicted molar refractivity (Wildman–Crippen MR) is 87.7 cm³/mol. The molecule has 1 aromatic rings. The Morgan fingerprint density at radius 3 is 2.57 bits per heavy atom. The van der Waals surface area contributed by atoms with Gasteiger partial charge in [0.25, 0.3) is 0 Å². The van der Waals surface area contributed by atoms with Gasteiger partial charge in [-0.25, -0.2) is 0 Å². The van der Waals surface area contributed by atoms with E-state index in [0.717, 1.165) is 31.5 Å². The molecule has 0 radical (unpaired) electrons. The van der Waals surface area contributed by atoms with Gasteiger partial charge in [-0.2, -0.15) is 0 Å². The third-order valence-electron chi connectivity index (χ3n) is 4.60. The number of Topliss-reactive ketones (excluding diaryl/α,β-unsaturated/α-hetero) is 1. The lowest BCUT2D eigenvalue weighted by Gasteiger charge is -2.26. The van der Waals surface area contributed by atoms with Crippen molar-refractivity contribution >= 4 is 11.7 Å². The van der Waals surface area contributed by atoms with Crippen LogP contribution in [0.15, 0.2) is 18.2 Å². The van der Waals surface area contributed by atoms with Gasteiger partial charge < -0.3 is 15.0 Å². The Kier molecular flexibility index (Phi) is 5.41. The average molecular weight is 316 g/mol. The maximum Gasteiger partial charge on any atom is 0.223 e. The summed E-state index contributed by atoms with van der Waals surface area (Å²) in [6, 6.07) is 5.99. The molecule has 3 rings (SSSR count). The first-order chi connectivity index (χ1) is 11.2. The first-order valence-electron chi connectivity index (χ1n) is 8.45. The Balaban J connectivity index is 1.57. The number of ether oxygens (including phenoxy) is 1. The van der Waals surface area contributed by atoms with Crippen molar-refractivity contribution in [3.8, 4) is 0 Å². The zero-order valence-corrected chi connectivity index (χ0v) is 13.5. The molecular formula is C18H24N2O3. The highest BCUT2D eigenvalue weighted by Crippen LogP contribution is 2.17. The molecule has 1 N–H and O–H groups in total. The lowest BCUT2D eigenvalue weighted by molar-refractivity contribution is -0.135. The van der Waals surface area contributed by atoms with E-state index < -0.39 is 0 Å². The quantitative estimate of drug-likeness (QED) is 0.848. The summed E-state index contributed by atoms with van der Waals surface area (Å²) in [6.45, 7) is 4.42. The van der Waals surface area contributed by atoms with Crippen LogP contribution in [0.3, 0.4) is 0 Å². The molecule has 0 atom stereocenters. The van der Waals surface area contributed by atoms with Gasteiger partial charge in [0, 0.05) is 31.5 Å². The van der Waals surface area contributed by atoms with Gasteiger partial charge in [0.2, 0.25) is 5.91 Å². The first kappa shape index (κ1) is 16.1. The van der Waals surface area contributed by atoms with Crippen LogP contribution in [0.1, 0.15) is 34.3 Å². The normalized spacial score (nSPS) is 18.2. The molecule has 2 aliphatic heterocycles. The maximum absolute atomic E-state index is 12.4. The van der Waals surface area contributed by atoms with E-state index in [-0.39, 0.29) is 24.5 Å². The molecule has 5 heteroatoms. The molecule has 2 heterocycles. The van der Waals surface area contributed by atoms with Crippen LogP contribution < -0.4 is 5.32 Å². The van der Waals surface area contributed by atoms with Crippen LogP contribution in [-0.2, 0) is 22.4 Å². The van der Waals surface area contributed by atoms with Crippen LogP contribution in [0.25, 0.3) is 0 Å². The standard InChI is InChI=1S/C18H24N2O3/c21-17(3-4-18(22)20-9-11-23-12-10-20)16-2-1-14-5-7-19-8-6-15(14)13-16/h1-2,13,19H,3-12H2. The Bertz CT molecular complexity index is 580. The van der Waals surface area contributed by atoms with E-state index >= 15 is 0 Å². The van der Waals surface area contributed by atoms with Crippen LogP contribution in [0.4, 0.5) is 0 Å². The highest BCUT2D eigenvalue weighted by molar-refractivity contribution is 5.98. The molecule has 0 saturated carbocycles. The van der Waals surface area contributed by atoms with E-state index in [0.29, 0.717) is 26.3 Å². The van der Waals surface area contributed by atoms with Gasteiger partial charge >= 0.3 is 0 Å². The number of fused-ring (bicyclic) bond motifs is 1. The molecule has 1 amide bonds. The number of morpholine rings is 1. The summed E-state index contributed by atoms with van der Waals surface area (Å²) in [5.41, 5.74) is 3.33. The molecule has 0 bridgehead atoms. The monoisotopic (exact) mass is 316 g/mol. The lowest BCUT2D eigenvalue weighted by atomic mass is 9.97. The number of nitrogens with zero attached hydrogens (tertiary/aromatic N) is 1. The van der Waals surface area contributed by atoms with Crippen LogP contribution in [-0.4, -0.2) is 56.0 Å². The molecule has 0 aromatic heterocycles. The van der Waals surface area contributed by atoms with Crippen LogP contribution in [0, 0.1) is 0 Å². The van der Waals surface area contributed by atoms with E-state index in [1.807, 2.05) is 12.1 Å². The topological polar surface area (TPSA) is 58.6 Å². The summed E-state index contributed by atoms with van der Waals surface area (Å²) >= 11 is 0. The number of hydrogen-bond donors (Lipinski definition) is 1. The van der Waals surface area contributed by atoms with Crippen molar-refractivity contribution in [2.45, 2.75) is 25.7 Å². The second-order valence-corrected chi connectivity index (χ2v) is 6.15. The molecule has 0 unspecified atom stereocenters. The van der Waals surface area contributed by atoms with Crippen LogP contribution in [0.2, 0.25) is 0 Å². The number of carbonyl (C=O) groups is 2. The van der Waals surface area contributed by atoms with Crippen molar-refractivity contribution in [3.63, 3.8) is 0 Å². The molecule has 0 aliphatic carbocycles. The second-order valence-electron chi connectivity index (χ2n) is 6.15. The molecule has 1 aromatic carbocycles. The fraction of sp³-hybridized carbons (Fsp3) is 0.556. The van der Waals surface area contributed by atoms with E-state index in [9.17, 15) is 9.59 Å². The summed E-state index contributed by atoms with van der Waals surface area (Å²) in [5, 5.41) is 3.37. The molecule has 124 valence electrons. The molecule has 2 aliphatic rings. The van der Waals surface area contributed by atoms with E-state index in [1.165, 1.54) is 11.1 Å². The molecule has 5 nitrogen and oxygen atoms in total. The summed E-state index contributed by atoms with van der Waals surface area (Å²) in [7, 11) is 0. The smallest absolute Gasteiger partial charge is 0.223 e. The third kappa shape index (κ3) is 4.18. The van der Waals surface area contributed by atoms with Crippen molar-refractivity contribution in [1.29, 1.82) is 0 Å². The number of nitrogens with one attached hydrogen (secondary N) is 1. The van der Waals surface area contributed by atoms with Crippen molar-refractivity contribution < 1.29 is 14.3 Å². The van der Waals surface area contributed by atoms with Gasteiger partial charge in [-0.3, -0.25) is 9.59 Å². The minimum absolute atomic E-state index is 0.0561. The lowest BCUT2D eigenvalue weighted by Crippen LogP contribution is -2.40. The third-order valence-corrected chi connectivity index (χ3v) is 4.60. The summed E-state index contributed by atoms with van der Waals surface area (Å²) in [6.07, 6.45) is 2.55. The molecule has 23 heavy (non-hydrogen) atoms. The minimum Gasteiger partial charge on any atom is -0.378 e. The number of ketones is 1. The molecule has 1 fully saturated rings. The molecule has 1 saturated heterocycles. The number of amides is 1. The van der Waals surface area contributed by atoms with Crippen molar-refractivity contribution in [1.82, 2.24) is 10.2 Å². The largest absolute Gasteiger partial charge is 0.378 e. The maximum atomic E-state index is 12.4. The van der Waals surface area contributed by atoms with Crippen LogP contribution in [0.5, 0.6) is 0 Å². The Morgan fingerprint density at radius 1 is 1.04 bits per heavy atom. The number of benzene rings is 1. The Morgan fingerprint density at radius 2 is 1.78 bits per heavy atom. The van der Waals surface area contributed by atoms with E-state index in [1.54, 1.807) is 4.90 Å². The van der Waals surface area contributed by atoms with Gasteiger partial charge in [-0.05, 0) is 43.1 Å². The zero-order chi connectivity index (χ0) is 16.1. The van der Waals surface area contributed by atoms with Gasteiger partial charge in [0.15, 0.2) is 5.78 Å². The van der Waals surface area contributed by atoms with E-state index in [4.69, 9.17) is 4.74 Å². The van der Waals surface area contributed by atoms with Gasteiger partial charge in [0.1, 0.15) is 0 Å². The van der Waals surface area contributed by atoms with Gasteiger partial charge in [-0.1, -0.05) is 12.1 Å². The summed E-state index contributed by atoms with van der Waals surface area (Å²) in [5.74, 6) is 0.118. The van der Waals surface area contributed by atoms with Gasteiger partial charge in [-0.15, -0.1) is 0 Å². The minimum atomic E-state index is 0.0561. The number of carbonyl (C=O) groups excluding carboxylic acids is 2. The Labute approximate surface area is 137 Å². The van der Waals surface area contributed by atoms with Gasteiger partial charge in [0.05, 0.1) is 13.2 Å². The fourth-order valence-electron chi connectivity index (χ4n) is 3.18. The summed E-state index contributed by atoms with van der Waals surface area (Å²) < 4.78 is 5.24. The number of hydrogen-bond acceptors (Lipinski definition) is 4. The predicted octanol–water partition coefficient (Wildman–Crippen LogP) is 1.20. The fourth-order valence-corrected chi connectivity index (χ4v) is 3.18. The zero-order valence-electron chi connectivity index (χ0n) is 13.5. The highest BCUT2D eigenvalue weighted by Gasteiger charge is 2.18. The van der Waals surface area contributed by atoms with Crippen LogP contribution >= 0.6 is 0 Å². The van der Waals surface area contributed by atoms with Crippen molar-refractivity contribution in [2.24, 2.45) is 0 Å². The number of rotatable bonds is 4.